The molecule has 0 saturated heterocycles. The summed E-state index contributed by atoms with van der Waals surface area (Å²) in [6.07, 6.45) is 2.29. The molecule has 18 heavy (non-hydrogen) atoms. The van der Waals surface area contributed by atoms with Crippen molar-refractivity contribution in [3.8, 4) is 0 Å². The molecule has 0 spiro atoms. The summed E-state index contributed by atoms with van der Waals surface area (Å²) in [5.74, 6) is 2.07. The van der Waals surface area contributed by atoms with E-state index in [1.807, 2.05) is 13.8 Å². The third kappa shape index (κ3) is 2.46. The molecule has 0 radical (unpaired) electrons. The molecule has 2 aromatic heterocycles. The van der Waals surface area contributed by atoms with Crippen LogP contribution in [0.1, 0.15) is 24.7 Å². The third-order valence-electron chi connectivity index (χ3n) is 3.21. The van der Waals surface area contributed by atoms with Crippen LogP contribution < -0.4 is 5.32 Å². The second kappa shape index (κ2) is 5.35. The number of nitrogens with zero attached hydrogens (tertiary/aromatic N) is 2. The molecule has 0 bridgehead atoms. The predicted octanol–water partition coefficient (Wildman–Crippen LogP) is 2.27. The molecule has 2 rings (SSSR count). The number of rotatable bonds is 5. The lowest BCUT2D eigenvalue weighted by molar-refractivity contribution is 0.266. The molecule has 2 heterocycles. The molecule has 0 saturated carbocycles. The smallest absolute Gasteiger partial charge is 0.231 e. The number of anilines is 1. The molecule has 1 unspecified atom stereocenters. The minimum absolute atomic E-state index is 0.214. The van der Waals surface area contributed by atoms with E-state index in [4.69, 9.17) is 9.52 Å². The Morgan fingerprint density at radius 1 is 1.39 bits per heavy atom. The number of aliphatic hydroxyl groups excluding tert-OH is 1. The first-order valence-corrected chi connectivity index (χ1v) is 6.19. The SMILES string of the molecule is Cc1oc2ncnc(NCC(C)CCO)c2c1C. The number of nitrogens with one attached hydrogen (secondary N) is 1. The number of furan rings is 1. The minimum atomic E-state index is 0.214. The molecule has 5 nitrogen and oxygen atoms in total. The molecule has 98 valence electrons. The van der Waals surface area contributed by atoms with Crippen LogP contribution in [0.4, 0.5) is 5.82 Å². The van der Waals surface area contributed by atoms with Gasteiger partial charge in [-0.05, 0) is 26.2 Å². The third-order valence-corrected chi connectivity index (χ3v) is 3.21. The predicted molar refractivity (Wildman–Crippen MR) is 70.6 cm³/mol. The van der Waals surface area contributed by atoms with Crippen LogP contribution in [0.3, 0.4) is 0 Å². The van der Waals surface area contributed by atoms with Crippen LogP contribution >= 0.6 is 0 Å². The molecule has 0 amide bonds. The Bertz CT molecular complexity index is 536. The van der Waals surface area contributed by atoms with Crippen LogP contribution in [0.5, 0.6) is 0 Å². The minimum Gasteiger partial charge on any atom is -0.443 e. The number of fused-ring (bicyclic) bond motifs is 1. The largest absolute Gasteiger partial charge is 0.443 e. The van der Waals surface area contributed by atoms with Crippen molar-refractivity contribution in [1.82, 2.24) is 9.97 Å². The number of aromatic nitrogens is 2. The van der Waals surface area contributed by atoms with E-state index in [0.717, 1.165) is 35.5 Å². The Balaban J connectivity index is 2.23. The Kier molecular flexibility index (Phi) is 3.81. The highest BCUT2D eigenvalue weighted by atomic mass is 16.3. The van der Waals surface area contributed by atoms with E-state index in [9.17, 15) is 0 Å². The monoisotopic (exact) mass is 249 g/mol. The van der Waals surface area contributed by atoms with Crippen molar-refractivity contribution in [1.29, 1.82) is 0 Å². The van der Waals surface area contributed by atoms with Crippen LogP contribution in [0.15, 0.2) is 10.7 Å². The van der Waals surface area contributed by atoms with Gasteiger partial charge >= 0.3 is 0 Å². The van der Waals surface area contributed by atoms with Crippen LogP contribution in [-0.2, 0) is 0 Å². The van der Waals surface area contributed by atoms with Gasteiger partial charge in [0.25, 0.3) is 0 Å². The van der Waals surface area contributed by atoms with E-state index in [1.54, 1.807) is 0 Å². The van der Waals surface area contributed by atoms with E-state index < -0.39 is 0 Å². The van der Waals surface area contributed by atoms with Gasteiger partial charge in [-0.3, -0.25) is 0 Å². The summed E-state index contributed by atoms with van der Waals surface area (Å²) >= 11 is 0. The first kappa shape index (κ1) is 12.8. The zero-order valence-corrected chi connectivity index (χ0v) is 11.0. The van der Waals surface area contributed by atoms with E-state index in [2.05, 4.69) is 22.2 Å². The Hall–Kier alpha value is -1.62. The second-order valence-corrected chi connectivity index (χ2v) is 4.68. The standard InChI is InChI=1S/C13H19N3O2/c1-8(4-5-17)6-14-12-11-9(2)10(3)18-13(11)16-7-15-12/h7-8,17H,4-6H2,1-3H3,(H,14,15,16). The highest BCUT2D eigenvalue weighted by Crippen LogP contribution is 2.28. The first-order chi connectivity index (χ1) is 8.63. The Morgan fingerprint density at radius 2 is 2.17 bits per heavy atom. The van der Waals surface area contributed by atoms with Gasteiger partial charge in [0, 0.05) is 18.7 Å². The van der Waals surface area contributed by atoms with Crippen molar-refractivity contribution in [2.75, 3.05) is 18.5 Å². The number of hydrogen-bond donors (Lipinski definition) is 2. The molecule has 0 fully saturated rings. The normalized spacial score (nSPS) is 12.9. The molecule has 5 heteroatoms. The van der Waals surface area contributed by atoms with E-state index in [1.165, 1.54) is 6.33 Å². The molecule has 2 aromatic rings. The van der Waals surface area contributed by atoms with Crippen LogP contribution in [0, 0.1) is 19.8 Å². The van der Waals surface area contributed by atoms with Gasteiger partial charge in [-0.15, -0.1) is 0 Å². The van der Waals surface area contributed by atoms with Gasteiger partial charge in [0.05, 0.1) is 5.39 Å². The number of aryl methyl sites for hydroxylation is 2. The molecule has 0 aliphatic heterocycles. The zero-order chi connectivity index (χ0) is 13.1. The highest BCUT2D eigenvalue weighted by Gasteiger charge is 2.13. The summed E-state index contributed by atoms with van der Waals surface area (Å²) < 4.78 is 5.56. The summed E-state index contributed by atoms with van der Waals surface area (Å²) in [6, 6.07) is 0. The second-order valence-electron chi connectivity index (χ2n) is 4.68. The van der Waals surface area contributed by atoms with Gasteiger partial charge in [0.15, 0.2) is 0 Å². The zero-order valence-electron chi connectivity index (χ0n) is 11.0. The molecule has 2 N–H and O–H groups in total. The fraction of sp³-hybridized carbons (Fsp3) is 0.538. The van der Waals surface area contributed by atoms with Crippen LogP contribution in [0.25, 0.3) is 11.1 Å². The summed E-state index contributed by atoms with van der Waals surface area (Å²) in [7, 11) is 0. The molecule has 0 aromatic carbocycles. The maximum atomic E-state index is 8.88. The maximum absolute atomic E-state index is 8.88. The summed E-state index contributed by atoms with van der Waals surface area (Å²) in [4.78, 5) is 8.40. The van der Waals surface area contributed by atoms with E-state index in [0.29, 0.717) is 11.6 Å². The van der Waals surface area contributed by atoms with Crippen LogP contribution in [-0.4, -0.2) is 28.2 Å². The topological polar surface area (TPSA) is 71.2 Å². The van der Waals surface area contributed by atoms with Crippen molar-refractivity contribution < 1.29 is 9.52 Å². The van der Waals surface area contributed by atoms with Gasteiger partial charge in [0.2, 0.25) is 5.71 Å². The maximum Gasteiger partial charge on any atom is 0.231 e. The van der Waals surface area contributed by atoms with Gasteiger partial charge in [-0.2, -0.15) is 0 Å². The fourth-order valence-electron chi connectivity index (χ4n) is 1.91. The van der Waals surface area contributed by atoms with Gasteiger partial charge in [-0.1, -0.05) is 6.92 Å². The van der Waals surface area contributed by atoms with Crippen LogP contribution in [0.2, 0.25) is 0 Å². The highest BCUT2D eigenvalue weighted by molar-refractivity contribution is 5.89. The molecule has 0 aliphatic rings. The molecule has 1 atom stereocenters. The Labute approximate surface area is 106 Å². The summed E-state index contributed by atoms with van der Waals surface area (Å²) in [5.41, 5.74) is 1.69. The summed E-state index contributed by atoms with van der Waals surface area (Å²) in [6.45, 7) is 7.01. The van der Waals surface area contributed by atoms with Crippen molar-refractivity contribution in [3.05, 3.63) is 17.7 Å². The van der Waals surface area contributed by atoms with Crippen molar-refractivity contribution in [3.63, 3.8) is 0 Å². The van der Waals surface area contributed by atoms with E-state index in [-0.39, 0.29) is 6.61 Å². The van der Waals surface area contributed by atoms with Crippen molar-refractivity contribution >= 4 is 16.9 Å². The first-order valence-electron chi connectivity index (χ1n) is 6.19. The average molecular weight is 249 g/mol. The lowest BCUT2D eigenvalue weighted by Crippen LogP contribution is -2.13. The van der Waals surface area contributed by atoms with Gasteiger partial charge in [0.1, 0.15) is 17.9 Å². The number of aliphatic hydroxyl groups is 1. The number of hydrogen-bond acceptors (Lipinski definition) is 5. The van der Waals surface area contributed by atoms with Crippen molar-refractivity contribution in [2.24, 2.45) is 5.92 Å². The average Bonchev–Trinajstić information content (AvgIpc) is 2.64. The molecular weight excluding hydrogens is 230 g/mol. The van der Waals surface area contributed by atoms with Crippen molar-refractivity contribution in [2.45, 2.75) is 27.2 Å². The lowest BCUT2D eigenvalue weighted by Gasteiger charge is -2.11. The Morgan fingerprint density at radius 3 is 2.89 bits per heavy atom. The quantitative estimate of drug-likeness (QED) is 0.850. The summed E-state index contributed by atoms with van der Waals surface area (Å²) in [5, 5.41) is 13.1. The van der Waals surface area contributed by atoms with E-state index >= 15 is 0 Å². The molecule has 0 aliphatic carbocycles. The fourth-order valence-corrected chi connectivity index (χ4v) is 1.91. The lowest BCUT2D eigenvalue weighted by atomic mass is 10.1. The molecular formula is C13H19N3O2. The van der Waals surface area contributed by atoms with Gasteiger partial charge in [-0.25, -0.2) is 9.97 Å². The van der Waals surface area contributed by atoms with Gasteiger partial charge < -0.3 is 14.8 Å².